The summed E-state index contributed by atoms with van der Waals surface area (Å²) < 4.78 is 28.2. The van der Waals surface area contributed by atoms with Gasteiger partial charge in [-0.2, -0.15) is 0 Å². The average molecular weight is 308 g/mol. The van der Waals surface area contributed by atoms with Crippen molar-refractivity contribution in [2.24, 2.45) is 5.14 Å². The maximum Gasteiger partial charge on any atom is 0.259 e. The number of hydrogen-bond acceptors (Lipinski definition) is 4. The van der Waals surface area contributed by atoms with Gasteiger partial charge in [-0.3, -0.25) is 4.79 Å². The summed E-state index contributed by atoms with van der Waals surface area (Å²) in [5.41, 5.74) is 1.20. The number of aryl methyl sites for hydroxylation is 2. The summed E-state index contributed by atoms with van der Waals surface area (Å²) >= 11 is 0. The quantitative estimate of drug-likeness (QED) is 0.906. The summed E-state index contributed by atoms with van der Waals surface area (Å²) in [6.45, 7) is 5.02. The highest BCUT2D eigenvalue weighted by Crippen LogP contribution is 2.23. The molecule has 0 radical (unpaired) electrons. The number of benzene rings is 1. The Labute approximate surface area is 123 Å². The number of furan rings is 1. The van der Waals surface area contributed by atoms with Crippen molar-refractivity contribution < 1.29 is 17.6 Å². The second kappa shape index (κ2) is 5.34. The van der Waals surface area contributed by atoms with Crippen LogP contribution in [0.25, 0.3) is 0 Å². The highest BCUT2D eigenvalue weighted by molar-refractivity contribution is 7.89. The van der Waals surface area contributed by atoms with Crippen LogP contribution in [-0.4, -0.2) is 14.3 Å². The van der Waals surface area contributed by atoms with E-state index in [0.29, 0.717) is 28.3 Å². The van der Waals surface area contributed by atoms with Gasteiger partial charge in [0.2, 0.25) is 10.0 Å². The first kappa shape index (κ1) is 15.3. The number of nitrogens with two attached hydrogens (primary N) is 1. The van der Waals surface area contributed by atoms with Crippen LogP contribution in [0.5, 0.6) is 0 Å². The number of anilines is 1. The van der Waals surface area contributed by atoms with Crippen LogP contribution < -0.4 is 10.5 Å². The molecule has 0 unspecified atom stereocenters. The third-order valence-corrected chi connectivity index (χ3v) is 4.18. The number of hydrogen-bond donors (Lipinski definition) is 2. The average Bonchev–Trinajstić information content (AvgIpc) is 2.69. The zero-order chi connectivity index (χ0) is 15.8. The van der Waals surface area contributed by atoms with Gasteiger partial charge in [0.1, 0.15) is 11.5 Å². The molecule has 0 fully saturated rings. The predicted octanol–water partition coefficient (Wildman–Crippen LogP) is 2.10. The normalized spacial score (nSPS) is 11.4. The van der Waals surface area contributed by atoms with Crippen LogP contribution >= 0.6 is 0 Å². The number of rotatable bonds is 3. The molecule has 112 valence electrons. The molecule has 0 aliphatic heterocycles. The standard InChI is InChI=1S/C14H16N2O4S/c1-8-7-11(10(3)20-8)14(17)16-12-5-4-6-13(9(12)2)21(15,18)19/h4-7H,1-3H3,(H,16,17)(H2,15,18,19). The summed E-state index contributed by atoms with van der Waals surface area (Å²) in [7, 11) is -3.83. The highest BCUT2D eigenvalue weighted by Gasteiger charge is 2.17. The number of nitrogens with one attached hydrogen (secondary N) is 1. The van der Waals surface area contributed by atoms with Crippen LogP contribution in [0.2, 0.25) is 0 Å². The maximum absolute atomic E-state index is 12.2. The molecular formula is C14H16N2O4S. The zero-order valence-corrected chi connectivity index (χ0v) is 12.7. The van der Waals surface area contributed by atoms with Crippen molar-refractivity contribution in [2.75, 3.05) is 5.32 Å². The lowest BCUT2D eigenvalue weighted by Crippen LogP contribution is -2.17. The van der Waals surface area contributed by atoms with Crippen molar-refractivity contribution in [1.29, 1.82) is 0 Å². The van der Waals surface area contributed by atoms with Crippen LogP contribution in [0.1, 0.15) is 27.4 Å². The molecule has 1 aromatic heterocycles. The number of sulfonamides is 1. The van der Waals surface area contributed by atoms with Gasteiger partial charge in [-0.15, -0.1) is 0 Å². The van der Waals surface area contributed by atoms with E-state index in [9.17, 15) is 13.2 Å². The van der Waals surface area contributed by atoms with Gasteiger partial charge >= 0.3 is 0 Å². The smallest absolute Gasteiger partial charge is 0.259 e. The summed E-state index contributed by atoms with van der Waals surface area (Å²) in [4.78, 5) is 12.2. The van der Waals surface area contributed by atoms with Gasteiger partial charge in [0, 0.05) is 5.69 Å². The van der Waals surface area contributed by atoms with E-state index in [1.807, 2.05) is 0 Å². The molecular weight excluding hydrogens is 292 g/mol. The van der Waals surface area contributed by atoms with E-state index in [0.717, 1.165) is 0 Å². The van der Waals surface area contributed by atoms with Crippen LogP contribution in [-0.2, 0) is 10.0 Å². The minimum atomic E-state index is -3.83. The van der Waals surface area contributed by atoms with E-state index in [2.05, 4.69) is 5.32 Å². The van der Waals surface area contributed by atoms with Crippen molar-refractivity contribution in [2.45, 2.75) is 25.7 Å². The Morgan fingerprint density at radius 2 is 1.90 bits per heavy atom. The molecule has 0 saturated carbocycles. The van der Waals surface area contributed by atoms with Crippen LogP contribution in [0.4, 0.5) is 5.69 Å². The molecule has 1 aromatic carbocycles. The molecule has 0 bridgehead atoms. The first-order chi connectivity index (χ1) is 9.70. The van der Waals surface area contributed by atoms with Crippen molar-refractivity contribution in [1.82, 2.24) is 0 Å². The minimum Gasteiger partial charge on any atom is -0.466 e. The Hall–Kier alpha value is -2.12. The van der Waals surface area contributed by atoms with E-state index >= 15 is 0 Å². The summed E-state index contributed by atoms with van der Waals surface area (Å²) in [6, 6.07) is 6.16. The van der Waals surface area contributed by atoms with E-state index in [1.165, 1.54) is 12.1 Å². The third kappa shape index (κ3) is 3.14. The van der Waals surface area contributed by atoms with E-state index in [1.54, 1.807) is 32.9 Å². The lowest BCUT2D eigenvalue weighted by molar-refractivity contribution is 0.102. The Kier molecular flexibility index (Phi) is 3.89. The molecule has 6 nitrogen and oxygen atoms in total. The first-order valence-electron chi connectivity index (χ1n) is 6.21. The number of amides is 1. The summed E-state index contributed by atoms with van der Waals surface area (Å²) in [5, 5.41) is 7.81. The Morgan fingerprint density at radius 1 is 1.24 bits per heavy atom. The van der Waals surface area contributed by atoms with Gasteiger partial charge in [0.15, 0.2) is 0 Å². The molecule has 0 saturated heterocycles. The molecule has 1 heterocycles. The predicted molar refractivity (Wildman–Crippen MR) is 78.7 cm³/mol. The van der Waals surface area contributed by atoms with E-state index < -0.39 is 10.0 Å². The molecule has 0 spiro atoms. The lowest BCUT2D eigenvalue weighted by Gasteiger charge is -2.11. The molecule has 7 heteroatoms. The van der Waals surface area contributed by atoms with Gasteiger partial charge in [0.25, 0.3) is 5.91 Å². The molecule has 0 aliphatic rings. The molecule has 21 heavy (non-hydrogen) atoms. The fraction of sp³-hybridized carbons (Fsp3) is 0.214. The zero-order valence-electron chi connectivity index (χ0n) is 11.9. The third-order valence-electron chi connectivity index (χ3n) is 3.12. The van der Waals surface area contributed by atoms with Gasteiger partial charge < -0.3 is 9.73 Å². The lowest BCUT2D eigenvalue weighted by atomic mass is 10.1. The van der Waals surface area contributed by atoms with Gasteiger partial charge in [-0.05, 0) is 44.5 Å². The molecule has 2 rings (SSSR count). The Bertz CT molecular complexity index is 806. The van der Waals surface area contributed by atoms with Crippen LogP contribution in [0.15, 0.2) is 33.6 Å². The fourth-order valence-corrected chi connectivity index (χ4v) is 2.91. The van der Waals surface area contributed by atoms with Crippen molar-refractivity contribution >= 4 is 21.6 Å². The second-order valence-electron chi connectivity index (χ2n) is 4.75. The van der Waals surface area contributed by atoms with E-state index in [-0.39, 0.29) is 10.8 Å². The van der Waals surface area contributed by atoms with Gasteiger partial charge in [-0.25, -0.2) is 13.6 Å². The molecule has 0 atom stereocenters. The topological polar surface area (TPSA) is 102 Å². The second-order valence-corrected chi connectivity index (χ2v) is 6.28. The summed E-state index contributed by atoms with van der Waals surface area (Å²) in [5.74, 6) is 0.775. The van der Waals surface area contributed by atoms with Crippen molar-refractivity contribution in [3.63, 3.8) is 0 Å². The summed E-state index contributed by atoms with van der Waals surface area (Å²) in [6.07, 6.45) is 0. The minimum absolute atomic E-state index is 0.0135. The SMILES string of the molecule is Cc1cc(C(=O)Nc2cccc(S(N)(=O)=O)c2C)c(C)o1. The molecule has 3 N–H and O–H groups in total. The van der Waals surface area contributed by atoms with Crippen molar-refractivity contribution in [3.05, 3.63) is 46.9 Å². The van der Waals surface area contributed by atoms with Crippen LogP contribution in [0, 0.1) is 20.8 Å². The number of carbonyl (C=O) groups is 1. The Morgan fingerprint density at radius 3 is 2.43 bits per heavy atom. The molecule has 1 amide bonds. The van der Waals surface area contributed by atoms with Gasteiger partial charge in [0.05, 0.1) is 10.5 Å². The largest absolute Gasteiger partial charge is 0.466 e. The van der Waals surface area contributed by atoms with Gasteiger partial charge in [-0.1, -0.05) is 6.07 Å². The highest BCUT2D eigenvalue weighted by atomic mass is 32.2. The molecule has 0 aliphatic carbocycles. The Balaban J connectivity index is 2.37. The monoisotopic (exact) mass is 308 g/mol. The first-order valence-corrected chi connectivity index (χ1v) is 7.75. The molecule has 2 aromatic rings. The van der Waals surface area contributed by atoms with Crippen LogP contribution in [0.3, 0.4) is 0 Å². The number of primary sulfonamides is 1. The fourth-order valence-electron chi connectivity index (χ4n) is 2.10. The van der Waals surface area contributed by atoms with Crippen molar-refractivity contribution in [3.8, 4) is 0 Å². The maximum atomic E-state index is 12.2. The number of carbonyl (C=O) groups excluding carboxylic acids is 1. The van der Waals surface area contributed by atoms with E-state index in [4.69, 9.17) is 9.56 Å².